The fourth-order valence-corrected chi connectivity index (χ4v) is 4.56. The largest absolute Gasteiger partial charge is 0.364 e. The Balaban J connectivity index is 1.79. The first-order valence-electron chi connectivity index (χ1n) is 8.44. The summed E-state index contributed by atoms with van der Waals surface area (Å²) in [4.78, 5) is 34.5. The van der Waals surface area contributed by atoms with Crippen LogP contribution in [0, 0.1) is 0 Å². The monoisotopic (exact) mass is 351 g/mol. The zero-order valence-corrected chi connectivity index (χ0v) is 15.1. The molecule has 0 radical (unpaired) electrons. The van der Waals surface area contributed by atoms with Gasteiger partial charge in [-0.05, 0) is 26.8 Å². The average Bonchev–Trinajstić information content (AvgIpc) is 3.00. The highest BCUT2D eigenvalue weighted by molar-refractivity contribution is 7.13. The van der Waals surface area contributed by atoms with Gasteiger partial charge >= 0.3 is 0 Å². The molecule has 2 aliphatic heterocycles. The maximum atomic E-state index is 12.2. The van der Waals surface area contributed by atoms with Crippen LogP contribution < -0.4 is 10.6 Å². The Morgan fingerprint density at radius 3 is 2.83 bits per heavy atom. The van der Waals surface area contributed by atoms with Crippen molar-refractivity contribution in [3.8, 4) is 0 Å². The predicted octanol–water partition coefficient (Wildman–Crippen LogP) is 0.765. The van der Waals surface area contributed by atoms with Crippen LogP contribution in [-0.2, 0) is 4.79 Å². The molecule has 2 fully saturated rings. The highest BCUT2D eigenvalue weighted by Crippen LogP contribution is 2.34. The summed E-state index contributed by atoms with van der Waals surface area (Å²) in [5.41, 5.74) is 5.63. The third kappa shape index (κ3) is 3.12. The summed E-state index contributed by atoms with van der Waals surface area (Å²) in [5, 5.41) is 2.57. The lowest BCUT2D eigenvalue weighted by Crippen LogP contribution is -2.61. The number of likely N-dealkylation sites (N-methyl/N-ethyl adjacent to an activating group) is 1. The second-order valence-corrected chi connectivity index (χ2v) is 7.51. The van der Waals surface area contributed by atoms with Gasteiger partial charge in [0.1, 0.15) is 5.69 Å². The Bertz CT molecular complexity index is 634. The van der Waals surface area contributed by atoms with E-state index in [-0.39, 0.29) is 11.4 Å². The first-order chi connectivity index (χ1) is 11.4. The van der Waals surface area contributed by atoms with Crippen molar-refractivity contribution in [1.29, 1.82) is 0 Å². The van der Waals surface area contributed by atoms with E-state index in [1.54, 1.807) is 5.38 Å². The molecule has 3 heterocycles. The van der Waals surface area contributed by atoms with E-state index in [0.717, 1.165) is 50.7 Å². The Morgan fingerprint density at radius 1 is 1.38 bits per heavy atom. The van der Waals surface area contributed by atoms with Gasteiger partial charge in [0.05, 0.1) is 0 Å². The molecule has 2 aliphatic rings. The van der Waals surface area contributed by atoms with E-state index < -0.39 is 5.91 Å². The van der Waals surface area contributed by atoms with Crippen LogP contribution in [0.5, 0.6) is 0 Å². The molecule has 24 heavy (non-hydrogen) atoms. The smallest absolute Gasteiger partial charge is 0.268 e. The number of aromatic nitrogens is 1. The van der Waals surface area contributed by atoms with Crippen molar-refractivity contribution in [2.75, 3.05) is 44.7 Å². The lowest BCUT2D eigenvalue weighted by molar-refractivity contribution is -0.130. The Hall–Kier alpha value is -1.67. The fraction of sp³-hybridized carbons (Fsp3) is 0.688. The van der Waals surface area contributed by atoms with Crippen molar-refractivity contribution in [3.63, 3.8) is 0 Å². The van der Waals surface area contributed by atoms with E-state index in [9.17, 15) is 9.59 Å². The molecule has 132 valence electrons. The third-order valence-electron chi connectivity index (χ3n) is 5.40. The summed E-state index contributed by atoms with van der Waals surface area (Å²) in [5.74, 6) is -0.231. The van der Waals surface area contributed by atoms with Gasteiger partial charge in [0.2, 0.25) is 5.91 Å². The van der Waals surface area contributed by atoms with E-state index in [1.165, 1.54) is 11.3 Å². The van der Waals surface area contributed by atoms with Crippen LogP contribution >= 0.6 is 11.3 Å². The number of anilines is 1. The molecule has 2 amide bonds. The summed E-state index contributed by atoms with van der Waals surface area (Å²) in [6.45, 7) is 6.24. The number of likely N-dealkylation sites (tertiary alicyclic amines) is 1. The van der Waals surface area contributed by atoms with Crippen molar-refractivity contribution >= 4 is 28.3 Å². The normalized spacial score (nSPS) is 26.0. The highest BCUT2D eigenvalue weighted by atomic mass is 32.1. The molecule has 8 heteroatoms. The standard InChI is InChI=1S/C16H25N5O2S/c1-3-20-7-6-16(5-4-13(20)22)11-21(9-8-19(16)2)15-18-12(10-24-15)14(17)23/h10H,3-9,11H2,1-2H3,(H2,17,23)/t16-/m1/s1. The number of hydrogen-bond acceptors (Lipinski definition) is 6. The van der Waals surface area contributed by atoms with Crippen LogP contribution in [0.3, 0.4) is 0 Å². The van der Waals surface area contributed by atoms with Crippen LogP contribution in [0.2, 0.25) is 0 Å². The first-order valence-corrected chi connectivity index (χ1v) is 9.32. The summed E-state index contributed by atoms with van der Waals surface area (Å²) in [7, 11) is 2.15. The minimum atomic E-state index is -0.486. The number of piperazine rings is 1. The Labute approximate surface area is 146 Å². The zero-order valence-electron chi connectivity index (χ0n) is 14.3. The number of rotatable bonds is 3. The molecule has 2 saturated heterocycles. The zero-order chi connectivity index (χ0) is 17.3. The molecule has 0 aromatic carbocycles. The van der Waals surface area contributed by atoms with Crippen LogP contribution in [0.15, 0.2) is 5.38 Å². The van der Waals surface area contributed by atoms with E-state index >= 15 is 0 Å². The fourth-order valence-electron chi connectivity index (χ4n) is 3.71. The van der Waals surface area contributed by atoms with Gasteiger partial charge in [-0.15, -0.1) is 11.3 Å². The van der Waals surface area contributed by atoms with Gasteiger partial charge in [0.25, 0.3) is 5.91 Å². The van der Waals surface area contributed by atoms with E-state index in [4.69, 9.17) is 5.73 Å². The summed E-state index contributed by atoms with van der Waals surface area (Å²) < 4.78 is 0. The van der Waals surface area contributed by atoms with Crippen LogP contribution in [0.25, 0.3) is 0 Å². The lowest BCUT2D eigenvalue weighted by atomic mass is 9.86. The summed E-state index contributed by atoms with van der Waals surface area (Å²) >= 11 is 1.46. The number of carbonyl (C=O) groups is 2. The number of amides is 2. The first kappa shape index (κ1) is 17.2. The van der Waals surface area contributed by atoms with E-state index in [1.807, 2.05) is 11.8 Å². The lowest BCUT2D eigenvalue weighted by Gasteiger charge is -2.49. The molecule has 0 saturated carbocycles. The Morgan fingerprint density at radius 2 is 2.17 bits per heavy atom. The molecule has 1 atom stereocenters. The molecular formula is C16H25N5O2S. The predicted molar refractivity (Wildman–Crippen MR) is 94.3 cm³/mol. The van der Waals surface area contributed by atoms with Crippen molar-refractivity contribution in [3.05, 3.63) is 11.1 Å². The average molecular weight is 351 g/mol. The van der Waals surface area contributed by atoms with Gasteiger partial charge in [0, 0.05) is 50.1 Å². The number of primary amides is 1. The van der Waals surface area contributed by atoms with Gasteiger partial charge in [-0.1, -0.05) is 0 Å². The Kier molecular flexibility index (Phi) is 4.78. The molecular weight excluding hydrogens is 326 g/mol. The van der Waals surface area contributed by atoms with Gasteiger partial charge < -0.3 is 15.5 Å². The third-order valence-corrected chi connectivity index (χ3v) is 6.30. The molecule has 1 spiro atoms. The van der Waals surface area contributed by atoms with Gasteiger partial charge in [-0.2, -0.15) is 0 Å². The van der Waals surface area contributed by atoms with E-state index in [0.29, 0.717) is 12.1 Å². The van der Waals surface area contributed by atoms with Crippen molar-refractivity contribution in [1.82, 2.24) is 14.8 Å². The number of thiazole rings is 1. The molecule has 0 unspecified atom stereocenters. The molecule has 0 aliphatic carbocycles. The number of nitrogens with two attached hydrogens (primary N) is 1. The number of hydrogen-bond donors (Lipinski definition) is 1. The molecule has 1 aromatic heterocycles. The second-order valence-electron chi connectivity index (χ2n) is 6.67. The number of carbonyl (C=O) groups excluding carboxylic acids is 2. The minimum absolute atomic E-state index is 0.0175. The molecule has 1 aromatic rings. The second kappa shape index (κ2) is 6.68. The van der Waals surface area contributed by atoms with Crippen molar-refractivity contribution in [2.24, 2.45) is 5.73 Å². The van der Waals surface area contributed by atoms with Gasteiger partial charge in [-0.25, -0.2) is 4.98 Å². The highest BCUT2D eigenvalue weighted by Gasteiger charge is 2.42. The molecule has 2 N–H and O–H groups in total. The van der Waals surface area contributed by atoms with E-state index in [2.05, 4.69) is 21.8 Å². The van der Waals surface area contributed by atoms with Gasteiger partial charge in [0.15, 0.2) is 5.13 Å². The minimum Gasteiger partial charge on any atom is -0.364 e. The maximum absolute atomic E-state index is 12.2. The number of nitrogens with zero attached hydrogens (tertiary/aromatic N) is 4. The SMILES string of the molecule is CCN1CC[C@]2(CCC1=O)CN(c1nc(C(N)=O)cs1)CCN2C. The summed E-state index contributed by atoms with van der Waals surface area (Å²) in [6, 6.07) is 0. The van der Waals surface area contributed by atoms with Crippen LogP contribution in [0.4, 0.5) is 5.13 Å². The molecule has 0 bridgehead atoms. The van der Waals surface area contributed by atoms with Crippen molar-refractivity contribution in [2.45, 2.75) is 31.7 Å². The summed E-state index contributed by atoms with van der Waals surface area (Å²) in [6.07, 6.45) is 2.42. The van der Waals surface area contributed by atoms with Crippen LogP contribution in [-0.4, -0.2) is 71.9 Å². The van der Waals surface area contributed by atoms with Gasteiger partial charge in [-0.3, -0.25) is 14.5 Å². The quantitative estimate of drug-likeness (QED) is 0.869. The maximum Gasteiger partial charge on any atom is 0.268 e. The molecule has 7 nitrogen and oxygen atoms in total. The van der Waals surface area contributed by atoms with Crippen molar-refractivity contribution < 1.29 is 9.59 Å². The molecule has 3 rings (SSSR count). The topological polar surface area (TPSA) is 82.8 Å². The van der Waals surface area contributed by atoms with Crippen LogP contribution in [0.1, 0.15) is 36.7 Å².